The standard InChI is InChI=1S/C20H38N6O3/c1-8-11-26(18(27)29-19(3,4)5)12-10-22-17(21-9-2)23-15-20(6,28)16-13-24-25(7)14-16/h13-14,28H,8-12,15H2,1-7H3,(H2,21,22,23). The van der Waals surface area contributed by atoms with Crippen LogP contribution in [0.3, 0.4) is 0 Å². The van der Waals surface area contributed by atoms with Gasteiger partial charge in [0.15, 0.2) is 5.96 Å². The molecule has 0 bridgehead atoms. The summed E-state index contributed by atoms with van der Waals surface area (Å²) >= 11 is 0. The molecule has 1 amide bonds. The normalized spacial score (nSPS) is 14.3. The second-order valence-electron chi connectivity index (χ2n) is 8.27. The second kappa shape index (κ2) is 11.0. The molecule has 1 unspecified atom stereocenters. The first kappa shape index (κ1) is 24.7. The fourth-order valence-corrected chi connectivity index (χ4v) is 2.57. The van der Waals surface area contributed by atoms with Crippen LogP contribution in [0.5, 0.6) is 0 Å². The van der Waals surface area contributed by atoms with E-state index in [-0.39, 0.29) is 12.6 Å². The number of carbonyl (C=O) groups is 1. The number of nitrogens with zero attached hydrogens (tertiary/aromatic N) is 4. The van der Waals surface area contributed by atoms with E-state index in [9.17, 15) is 9.90 Å². The molecule has 29 heavy (non-hydrogen) atoms. The van der Waals surface area contributed by atoms with Crippen molar-refractivity contribution in [2.45, 2.75) is 59.2 Å². The van der Waals surface area contributed by atoms with Crippen LogP contribution >= 0.6 is 0 Å². The SMILES string of the molecule is CCCN(CCNC(=NCC(C)(O)c1cnn(C)c1)NCC)C(=O)OC(C)(C)C. The molecule has 0 saturated heterocycles. The van der Waals surface area contributed by atoms with E-state index >= 15 is 0 Å². The van der Waals surface area contributed by atoms with Gasteiger partial charge < -0.3 is 25.4 Å². The lowest BCUT2D eigenvalue weighted by atomic mass is 10.0. The molecule has 1 heterocycles. The molecule has 1 rings (SSSR count). The van der Waals surface area contributed by atoms with E-state index in [0.717, 1.165) is 6.42 Å². The number of nitrogens with one attached hydrogen (secondary N) is 2. The van der Waals surface area contributed by atoms with Gasteiger partial charge in [-0.2, -0.15) is 5.10 Å². The van der Waals surface area contributed by atoms with E-state index in [1.54, 1.807) is 35.9 Å². The quantitative estimate of drug-likeness (QED) is 0.424. The minimum absolute atomic E-state index is 0.179. The molecule has 0 saturated carbocycles. The van der Waals surface area contributed by atoms with Crippen LogP contribution in [0.1, 0.15) is 53.5 Å². The van der Waals surface area contributed by atoms with Gasteiger partial charge in [0.2, 0.25) is 0 Å². The van der Waals surface area contributed by atoms with Crippen molar-refractivity contribution in [1.82, 2.24) is 25.3 Å². The maximum absolute atomic E-state index is 12.4. The van der Waals surface area contributed by atoms with Gasteiger partial charge in [0.05, 0.1) is 12.7 Å². The molecule has 9 heteroatoms. The van der Waals surface area contributed by atoms with Crippen LogP contribution < -0.4 is 10.6 Å². The van der Waals surface area contributed by atoms with E-state index in [1.807, 2.05) is 34.6 Å². The fraction of sp³-hybridized carbons (Fsp3) is 0.750. The van der Waals surface area contributed by atoms with Gasteiger partial charge in [0, 0.05) is 45.0 Å². The Morgan fingerprint density at radius 1 is 1.28 bits per heavy atom. The van der Waals surface area contributed by atoms with Crippen molar-refractivity contribution in [1.29, 1.82) is 0 Å². The Morgan fingerprint density at radius 3 is 2.48 bits per heavy atom. The summed E-state index contributed by atoms with van der Waals surface area (Å²) in [4.78, 5) is 18.5. The Kier molecular flexibility index (Phi) is 9.42. The van der Waals surface area contributed by atoms with Crippen molar-refractivity contribution in [2.24, 2.45) is 12.0 Å². The van der Waals surface area contributed by atoms with E-state index in [1.165, 1.54) is 0 Å². The van der Waals surface area contributed by atoms with Crippen molar-refractivity contribution in [3.8, 4) is 0 Å². The van der Waals surface area contributed by atoms with Crippen molar-refractivity contribution >= 4 is 12.1 Å². The molecule has 1 aromatic rings. The molecule has 9 nitrogen and oxygen atoms in total. The van der Waals surface area contributed by atoms with Crippen LogP contribution in [0, 0.1) is 0 Å². The molecule has 0 aliphatic rings. The van der Waals surface area contributed by atoms with E-state index in [0.29, 0.717) is 37.7 Å². The van der Waals surface area contributed by atoms with Gasteiger partial charge in [-0.15, -0.1) is 0 Å². The summed E-state index contributed by atoms with van der Waals surface area (Å²) in [5, 5.41) is 21.2. The maximum atomic E-state index is 12.4. The number of aromatic nitrogens is 2. The zero-order valence-electron chi connectivity index (χ0n) is 18.9. The lowest BCUT2D eigenvalue weighted by molar-refractivity contribution is 0.0253. The smallest absolute Gasteiger partial charge is 0.410 e. The summed E-state index contributed by atoms with van der Waals surface area (Å²) in [6.45, 7) is 13.8. The Balaban J connectivity index is 2.67. The van der Waals surface area contributed by atoms with Gasteiger partial charge in [-0.25, -0.2) is 9.79 Å². The van der Waals surface area contributed by atoms with Gasteiger partial charge in [-0.05, 0) is 41.0 Å². The van der Waals surface area contributed by atoms with Crippen molar-refractivity contribution in [2.75, 3.05) is 32.7 Å². The molecule has 0 radical (unpaired) electrons. The highest BCUT2D eigenvalue weighted by Gasteiger charge is 2.25. The molecule has 1 atom stereocenters. The van der Waals surface area contributed by atoms with E-state index in [2.05, 4.69) is 20.7 Å². The second-order valence-corrected chi connectivity index (χ2v) is 8.27. The number of guanidine groups is 1. The molecule has 0 spiro atoms. The predicted octanol–water partition coefficient (Wildman–Crippen LogP) is 1.83. The minimum atomic E-state index is -1.12. The van der Waals surface area contributed by atoms with Crippen LogP contribution in [-0.2, 0) is 17.4 Å². The third kappa shape index (κ3) is 9.17. The zero-order chi connectivity index (χ0) is 22.1. The summed E-state index contributed by atoms with van der Waals surface area (Å²) in [7, 11) is 1.81. The largest absolute Gasteiger partial charge is 0.444 e. The van der Waals surface area contributed by atoms with Crippen LogP contribution in [0.25, 0.3) is 0 Å². The van der Waals surface area contributed by atoms with Gasteiger partial charge in [0.1, 0.15) is 11.2 Å². The molecule has 0 aliphatic carbocycles. The van der Waals surface area contributed by atoms with Crippen molar-refractivity contribution < 1.29 is 14.6 Å². The molecule has 0 aromatic carbocycles. The third-order valence-corrected chi connectivity index (χ3v) is 4.04. The molecule has 0 aliphatic heterocycles. The van der Waals surface area contributed by atoms with Crippen LogP contribution in [0.2, 0.25) is 0 Å². The highest BCUT2D eigenvalue weighted by molar-refractivity contribution is 5.79. The molecule has 3 N–H and O–H groups in total. The maximum Gasteiger partial charge on any atom is 0.410 e. The van der Waals surface area contributed by atoms with Crippen molar-refractivity contribution in [3.05, 3.63) is 18.0 Å². The van der Waals surface area contributed by atoms with Crippen molar-refractivity contribution in [3.63, 3.8) is 0 Å². The Labute approximate surface area is 174 Å². The number of hydrogen-bond donors (Lipinski definition) is 3. The highest BCUT2D eigenvalue weighted by Crippen LogP contribution is 2.19. The molecule has 0 fully saturated rings. The zero-order valence-corrected chi connectivity index (χ0v) is 18.9. The molecular weight excluding hydrogens is 372 g/mol. The number of carbonyl (C=O) groups excluding carboxylic acids is 1. The van der Waals surface area contributed by atoms with Crippen LogP contribution in [0.4, 0.5) is 4.79 Å². The van der Waals surface area contributed by atoms with Crippen LogP contribution in [0.15, 0.2) is 17.4 Å². The first-order chi connectivity index (χ1) is 13.5. The Morgan fingerprint density at radius 2 is 1.97 bits per heavy atom. The monoisotopic (exact) mass is 410 g/mol. The number of aliphatic hydroxyl groups is 1. The number of ether oxygens (including phenoxy) is 1. The molecule has 166 valence electrons. The third-order valence-electron chi connectivity index (χ3n) is 4.04. The lowest BCUT2D eigenvalue weighted by Crippen LogP contribution is -2.45. The van der Waals surface area contributed by atoms with Gasteiger partial charge in [0.25, 0.3) is 0 Å². The summed E-state index contributed by atoms with van der Waals surface area (Å²) in [6.07, 6.45) is 3.95. The number of aryl methyl sites for hydroxylation is 1. The minimum Gasteiger partial charge on any atom is -0.444 e. The summed E-state index contributed by atoms with van der Waals surface area (Å²) in [5.41, 5.74) is -0.940. The summed E-state index contributed by atoms with van der Waals surface area (Å²) in [6, 6.07) is 0. The number of hydrogen-bond acceptors (Lipinski definition) is 5. The predicted molar refractivity (Wildman–Crippen MR) is 115 cm³/mol. The topological polar surface area (TPSA) is 104 Å². The van der Waals surface area contributed by atoms with Gasteiger partial charge in [-0.3, -0.25) is 4.68 Å². The number of rotatable bonds is 9. The van der Waals surface area contributed by atoms with Gasteiger partial charge in [-0.1, -0.05) is 6.92 Å². The Hall–Kier alpha value is -2.29. The molecule has 1 aromatic heterocycles. The highest BCUT2D eigenvalue weighted by atomic mass is 16.6. The number of amides is 1. The fourth-order valence-electron chi connectivity index (χ4n) is 2.57. The average Bonchev–Trinajstić information content (AvgIpc) is 3.04. The lowest BCUT2D eigenvalue weighted by Gasteiger charge is -2.27. The number of aliphatic imine (C=N–C) groups is 1. The van der Waals surface area contributed by atoms with E-state index < -0.39 is 11.2 Å². The average molecular weight is 411 g/mol. The summed E-state index contributed by atoms with van der Waals surface area (Å²) in [5.74, 6) is 0.581. The summed E-state index contributed by atoms with van der Waals surface area (Å²) < 4.78 is 7.12. The van der Waals surface area contributed by atoms with Crippen LogP contribution in [-0.4, -0.2) is 70.2 Å². The molecular formula is C20H38N6O3. The first-order valence-electron chi connectivity index (χ1n) is 10.2. The first-order valence-corrected chi connectivity index (χ1v) is 10.2. The Bertz CT molecular complexity index is 663. The van der Waals surface area contributed by atoms with Gasteiger partial charge >= 0.3 is 6.09 Å². The van der Waals surface area contributed by atoms with E-state index in [4.69, 9.17) is 4.74 Å².